The van der Waals surface area contributed by atoms with Crippen LogP contribution in [0, 0.1) is 5.92 Å². The number of aromatic nitrogens is 1. The van der Waals surface area contributed by atoms with E-state index in [1.165, 1.54) is 12.1 Å². The average molecular weight is 328 g/mol. The number of amides is 1. The zero-order valence-electron chi connectivity index (χ0n) is 14.0. The second-order valence-corrected chi connectivity index (χ2v) is 6.26. The molecule has 1 unspecified atom stereocenters. The van der Waals surface area contributed by atoms with E-state index in [-0.39, 0.29) is 5.92 Å². The van der Waals surface area contributed by atoms with Crippen molar-refractivity contribution in [3.05, 3.63) is 12.1 Å². The van der Waals surface area contributed by atoms with Crippen LogP contribution in [0.15, 0.2) is 12.1 Å². The van der Waals surface area contributed by atoms with E-state index in [1.807, 2.05) is 6.92 Å². The number of alkyl carbamates (subject to hydrolysis) is 1. The van der Waals surface area contributed by atoms with Crippen LogP contribution < -0.4 is 10.2 Å². The molecule has 1 amide bonds. The van der Waals surface area contributed by atoms with E-state index >= 15 is 0 Å². The lowest BCUT2D eigenvalue weighted by Gasteiger charge is -2.25. The van der Waals surface area contributed by atoms with Gasteiger partial charge in [-0.25, -0.2) is 9.59 Å². The summed E-state index contributed by atoms with van der Waals surface area (Å²) in [4.78, 5) is 29.1. The van der Waals surface area contributed by atoms with Gasteiger partial charge in [-0.1, -0.05) is 20.3 Å². The molecule has 1 heterocycles. The van der Waals surface area contributed by atoms with Crippen molar-refractivity contribution in [2.75, 3.05) is 0 Å². The van der Waals surface area contributed by atoms with Gasteiger partial charge in [0.2, 0.25) is 11.8 Å². The lowest BCUT2D eigenvalue weighted by atomic mass is 9.99. The maximum atomic E-state index is 12.3. The maximum absolute atomic E-state index is 12.3. The minimum Gasteiger partial charge on any atom is -0.492 e. The van der Waals surface area contributed by atoms with E-state index < -0.39 is 35.5 Å². The third-order valence-corrected chi connectivity index (χ3v) is 3.12. The molecular formula is C15H24N2O6. The summed E-state index contributed by atoms with van der Waals surface area (Å²) in [6.07, 6.45) is -0.153. The first kappa shape index (κ1) is 18.7. The van der Waals surface area contributed by atoms with Gasteiger partial charge in [-0.05, 0) is 26.7 Å². The first-order valence-electron chi connectivity index (χ1n) is 7.36. The summed E-state index contributed by atoms with van der Waals surface area (Å²) < 4.78 is 5.71. The summed E-state index contributed by atoms with van der Waals surface area (Å²) >= 11 is 0. The van der Waals surface area contributed by atoms with Crippen LogP contribution in [0.2, 0.25) is 0 Å². The van der Waals surface area contributed by atoms with Crippen LogP contribution in [0.1, 0.15) is 41.0 Å². The van der Waals surface area contributed by atoms with Crippen LogP contribution in [-0.4, -0.2) is 38.6 Å². The fraction of sp³-hybridized carbons (Fsp3) is 0.600. The molecule has 0 saturated carbocycles. The highest BCUT2D eigenvalue weighted by atomic mass is 16.7. The van der Waals surface area contributed by atoms with E-state index in [9.17, 15) is 19.8 Å². The largest absolute Gasteiger partial charge is 0.492 e. The van der Waals surface area contributed by atoms with Crippen LogP contribution in [0.4, 0.5) is 4.79 Å². The minimum absolute atomic E-state index is 0.241. The van der Waals surface area contributed by atoms with E-state index in [4.69, 9.17) is 9.57 Å². The van der Waals surface area contributed by atoms with Crippen molar-refractivity contribution >= 4 is 12.1 Å². The standard InChI is InChI=1S/C15H24N2O6/c1-6-9(2)12(16-14(21)22-15(3,4)5)13(20)23-17-10(18)7-8-11(17)19/h7-9,12,18-19H,6H2,1-5H3,(H,16,21)/t9?,12-/m0/s1. The lowest BCUT2D eigenvalue weighted by molar-refractivity contribution is -0.149. The quantitative estimate of drug-likeness (QED) is 0.760. The number of aromatic hydroxyl groups is 2. The molecular weight excluding hydrogens is 304 g/mol. The Morgan fingerprint density at radius 1 is 1.26 bits per heavy atom. The third-order valence-electron chi connectivity index (χ3n) is 3.12. The van der Waals surface area contributed by atoms with Crippen molar-refractivity contribution in [1.82, 2.24) is 10.0 Å². The first-order chi connectivity index (χ1) is 10.5. The molecule has 0 aliphatic heterocycles. The van der Waals surface area contributed by atoms with E-state index in [2.05, 4.69) is 5.32 Å². The number of carbonyl (C=O) groups is 2. The van der Waals surface area contributed by atoms with Gasteiger partial charge < -0.3 is 25.1 Å². The maximum Gasteiger partial charge on any atom is 0.408 e. The molecule has 3 N–H and O–H groups in total. The second-order valence-electron chi connectivity index (χ2n) is 6.26. The van der Waals surface area contributed by atoms with Crippen molar-refractivity contribution in [2.24, 2.45) is 5.92 Å². The van der Waals surface area contributed by atoms with Gasteiger partial charge in [-0.15, -0.1) is 4.73 Å². The topological polar surface area (TPSA) is 110 Å². The number of nitrogens with zero attached hydrogens (tertiary/aromatic N) is 1. The van der Waals surface area contributed by atoms with Crippen molar-refractivity contribution < 1.29 is 29.4 Å². The SMILES string of the molecule is CCC(C)[C@H](NC(=O)OC(C)(C)C)C(=O)On1c(O)ccc1O. The van der Waals surface area contributed by atoms with Crippen molar-refractivity contribution in [2.45, 2.75) is 52.7 Å². The highest BCUT2D eigenvalue weighted by Crippen LogP contribution is 2.20. The highest BCUT2D eigenvalue weighted by molar-refractivity contribution is 5.82. The third kappa shape index (κ3) is 5.39. The van der Waals surface area contributed by atoms with E-state index in [1.54, 1.807) is 27.7 Å². The van der Waals surface area contributed by atoms with Crippen molar-refractivity contribution in [3.8, 4) is 11.8 Å². The molecule has 130 valence electrons. The predicted octanol–water partition coefficient (Wildman–Crippen LogP) is 1.79. The molecule has 0 aliphatic rings. The number of nitrogens with one attached hydrogen (secondary N) is 1. The van der Waals surface area contributed by atoms with Crippen molar-refractivity contribution in [3.63, 3.8) is 0 Å². The van der Waals surface area contributed by atoms with E-state index in [0.717, 1.165) is 0 Å². The fourth-order valence-corrected chi connectivity index (χ4v) is 1.75. The normalized spacial score (nSPS) is 14.0. The number of rotatable bonds is 5. The van der Waals surface area contributed by atoms with Crippen LogP contribution >= 0.6 is 0 Å². The number of ether oxygens (including phenoxy) is 1. The molecule has 0 bridgehead atoms. The fourth-order valence-electron chi connectivity index (χ4n) is 1.75. The predicted molar refractivity (Wildman–Crippen MR) is 82.0 cm³/mol. The molecule has 2 atom stereocenters. The van der Waals surface area contributed by atoms with Gasteiger partial charge in [-0.2, -0.15) is 0 Å². The molecule has 1 rings (SSSR count). The van der Waals surface area contributed by atoms with Gasteiger partial charge in [0.1, 0.15) is 11.6 Å². The Hall–Kier alpha value is -2.38. The number of hydrogen-bond acceptors (Lipinski definition) is 6. The lowest BCUT2D eigenvalue weighted by Crippen LogP contribution is -2.49. The molecule has 0 fully saturated rings. The second kappa shape index (κ2) is 7.26. The van der Waals surface area contributed by atoms with E-state index in [0.29, 0.717) is 11.2 Å². The molecule has 0 saturated heterocycles. The first-order valence-corrected chi connectivity index (χ1v) is 7.36. The van der Waals surface area contributed by atoms with Crippen LogP contribution in [0.25, 0.3) is 0 Å². The van der Waals surface area contributed by atoms with Gasteiger partial charge in [0, 0.05) is 12.1 Å². The van der Waals surface area contributed by atoms with Crippen LogP contribution in [0.3, 0.4) is 0 Å². The molecule has 1 aromatic heterocycles. The van der Waals surface area contributed by atoms with Crippen LogP contribution in [0.5, 0.6) is 11.8 Å². The zero-order valence-corrected chi connectivity index (χ0v) is 14.0. The minimum atomic E-state index is -0.990. The molecule has 0 aliphatic carbocycles. The van der Waals surface area contributed by atoms with Gasteiger partial charge in [-0.3, -0.25) is 0 Å². The Morgan fingerprint density at radius 2 is 1.78 bits per heavy atom. The molecule has 8 heteroatoms. The van der Waals surface area contributed by atoms with Gasteiger partial charge in [0.25, 0.3) is 0 Å². The van der Waals surface area contributed by atoms with Gasteiger partial charge >= 0.3 is 12.1 Å². The Kier molecular flexibility index (Phi) is 5.89. The molecule has 0 spiro atoms. The highest BCUT2D eigenvalue weighted by Gasteiger charge is 2.31. The Morgan fingerprint density at radius 3 is 2.22 bits per heavy atom. The summed E-state index contributed by atoms with van der Waals surface area (Å²) in [5.74, 6) is -1.94. The van der Waals surface area contributed by atoms with Crippen LogP contribution in [-0.2, 0) is 9.53 Å². The number of carbonyl (C=O) groups excluding carboxylic acids is 2. The molecule has 23 heavy (non-hydrogen) atoms. The number of hydrogen-bond donors (Lipinski definition) is 3. The van der Waals surface area contributed by atoms with Gasteiger partial charge in [0.05, 0.1) is 0 Å². The molecule has 8 nitrogen and oxygen atoms in total. The molecule has 0 aromatic carbocycles. The summed E-state index contributed by atoms with van der Waals surface area (Å²) in [6.45, 7) is 8.74. The smallest absolute Gasteiger partial charge is 0.408 e. The summed E-state index contributed by atoms with van der Waals surface area (Å²) in [6, 6.07) is 1.35. The Bertz CT molecular complexity index is 541. The van der Waals surface area contributed by atoms with Gasteiger partial charge in [0.15, 0.2) is 0 Å². The molecule has 0 radical (unpaired) electrons. The Labute approximate surface area is 135 Å². The summed E-state index contributed by atoms with van der Waals surface area (Å²) in [5.41, 5.74) is -0.703. The zero-order chi connectivity index (χ0) is 17.8. The summed E-state index contributed by atoms with van der Waals surface area (Å²) in [7, 11) is 0. The molecule has 1 aromatic rings. The van der Waals surface area contributed by atoms with Crippen molar-refractivity contribution in [1.29, 1.82) is 0 Å². The summed E-state index contributed by atoms with van der Waals surface area (Å²) in [5, 5.41) is 21.5. The Balaban J connectivity index is 2.85. The monoisotopic (exact) mass is 328 g/mol. The average Bonchev–Trinajstić information content (AvgIpc) is 2.73.